The molecule has 10 atom stereocenters. The van der Waals surface area contributed by atoms with Gasteiger partial charge in [-0.05, 0) is 74.2 Å². The van der Waals surface area contributed by atoms with E-state index >= 15 is 0 Å². The first-order valence-electron chi connectivity index (χ1n) is 18.3. The van der Waals surface area contributed by atoms with E-state index in [1.807, 2.05) is 30.7 Å². The average Bonchev–Trinajstić information content (AvgIpc) is 3.99. The summed E-state index contributed by atoms with van der Waals surface area (Å²) in [6, 6.07) is 11.3. The normalized spacial score (nSPS) is 26.3. The zero-order valence-corrected chi connectivity index (χ0v) is 32.1. The van der Waals surface area contributed by atoms with Crippen molar-refractivity contribution in [1.82, 2.24) is 29.1 Å². The zero-order valence-electron chi connectivity index (χ0n) is 30.6. The minimum Gasteiger partial charge on any atom is -0.390 e. The van der Waals surface area contributed by atoms with Crippen LogP contribution in [-0.2, 0) is 9.47 Å². The lowest BCUT2D eigenvalue weighted by molar-refractivity contribution is -0.165. The predicted octanol–water partition coefficient (Wildman–Crippen LogP) is 7.35. The highest BCUT2D eigenvalue weighted by Crippen LogP contribution is 2.51. The maximum Gasteiger partial charge on any atom is 0.163 e. The van der Waals surface area contributed by atoms with Gasteiger partial charge in [-0.2, -0.15) is 0 Å². The van der Waals surface area contributed by atoms with Gasteiger partial charge in [0.25, 0.3) is 0 Å². The Morgan fingerprint density at radius 3 is 1.63 bits per heavy atom. The third-order valence-corrected chi connectivity index (χ3v) is 12.0. The van der Waals surface area contributed by atoms with Crippen molar-refractivity contribution in [2.24, 2.45) is 11.8 Å². The Hall–Kier alpha value is -4.52. The summed E-state index contributed by atoms with van der Waals surface area (Å²) in [5.41, 5.74) is 13.8. The molecular formula is C42H52Cl2F2N8O6. The fourth-order valence-electron chi connectivity index (χ4n) is 8.61. The van der Waals surface area contributed by atoms with Crippen LogP contribution in [0.4, 0.5) is 20.4 Å². The van der Waals surface area contributed by atoms with Crippen molar-refractivity contribution in [2.45, 2.75) is 103 Å². The third-order valence-electron chi connectivity index (χ3n) is 11.4. The molecule has 0 spiro atoms. The number of aliphatic hydroxyl groups is 4. The highest BCUT2D eigenvalue weighted by molar-refractivity contribution is 6.31. The van der Waals surface area contributed by atoms with Crippen molar-refractivity contribution < 1.29 is 38.7 Å². The van der Waals surface area contributed by atoms with Crippen LogP contribution in [0.5, 0.6) is 0 Å². The van der Waals surface area contributed by atoms with Crippen LogP contribution in [0, 0.1) is 23.5 Å². The monoisotopic (exact) mass is 872 g/mol. The summed E-state index contributed by atoms with van der Waals surface area (Å²) in [6.45, 7) is 3.70. The molecule has 324 valence electrons. The van der Waals surface area contributed by atoms with Crippen LogP contribution in [-0.4, -0.2) is 79.7 Å². The topological polar surface area (TPSA) is 213 Å². The number of nitrogens with zero attached hydrogens (tertiary/aromatic N) is 6. The molecule has 0 unspecified atom stereocenters. The van der Waals surface area contributed by atoms with Crippen LogP contribution >= 0.6 is 23.2 Å². The zero-order chi connectivity index (χ0) is 40.5. The number of fused-ring (bicyclic) bond motifs is 3. The molecular weight excluding hydrogens is 821 g/mol. The minimum absolute atomic E-state index is 0. The molecule has 2 saturated carbocycles. The largest absolute Gasteiger partial charge is 0.390 e. The number of hydrogen-bond donors (Lipinski definition) is 6. The highest BCUT2D eigenvalue weighted by atomic mass is 35.5. The highest BCUT2D eigenvalue weighted by Gasteiger charge is 2.56. The number of aliphatic hydroxyl groups excluding tert-OH is 4. The van der Waals surface area contributed by atoms with Gasteiger partial charge in [-0.1, -0.05) is 57.6 Å². The van der Waals surface area contributed by atoms with Crippen molar-refractivity contribution in [3.8, 4) is 0 Å². The standard InChI is InChI=1S/C21H22ClFN4O3.C18H18ClFN4O3.3CH4/c1-21(2)29-17-12(16(28)10-3-4-13(22)14(23)7-10)8-15(18(17)30-21)27-6-5-11-19(24)25-9-26-20(11)27;19-11-2-1-8(5-12(11)20)14(25)10-6-13(16(27)15(10)26)24-4-3-9-17(21)22-7-23-18(9)24;;;/h3-7,9,12,15-18,28H,8H2,1-2H3,(H2,24,25,26);1-5,7,10,13-16,25-27H,6H2,(H2,21,22,23);3*1H4/t12-,15-,16+,17-,18+;10-,13-,14+,15-,16+;;;/m11.../s1. The molecule has 6 aromatic rings. The average molecular weight is 874 g/mol. The fraction of sp³-hybridized carbons (Fsp3) is 0.429. The summed E-state index contributed by atoms with van der Waals surface area (Å²) in [6.07, 6.45) is 2.12. The summed E-state index contributed by atoms with van der Waals surface area (Å²) in [5, 5.41) is 44.2. The van der Waals surface area contributed by atoms with E-state index in [1.54, 1.807) is 22.9 Å². The first kappa shape index (κ1) is 46.5. The number of anilines is 2. The second-order valence-corrected chi connectivity index (χ2v) is 16.0. The number of ether oxygens (including phenoxy) is 2. The van der Waals surface area contributed by atoms with Crippen LogP contribution in [0.3, 0.4) is 0 Å². The molecule has 3 fully saturated rings. The number of benzene rings is 2. The summed E-state index contributed by atoms with van der Waals surface area (Å²) in [5.74, 6) is -2.28. The summed E-state index contributed by atoms with van der Waals surface area (Å²) >= 11 is 11.5. The van der Waals surface area contributed by atoms with Crippen LogP contribution in [0.25, 0.3) is 22.1 Å². The Kier molecular flexibility index (Phi) is 13.8. The number of nitrogens with two attached hydrogens (primary N) is 2. The van der Waals surface area contributed by atoms with Crippen LogP contribution in [0.15, 0.2) is 73.6 Å². The minimum atomic E-state index is -1.19. The van der Waals surface area contributed by atoms with Gasteiger partial charge in [0.15, 0.2) is 5.79 Å². The van der Waals surface area contributed by atoms with Crippen LogP contribution in [0.2, 0.25) is 10.0 Å². The number of aromatic nitrogens is 6. The van der Waals surface area contributed by atoms with E-state index in [2.05, 4.69) is 19.9 Å². The quantitative estimate of drug-likeness (QED) is 0.0970. The van der Waals surface area contributed by atoms with Gasteiger partial charge in [0.2, 0.25) is 0 Å². The van der Waals surface area contributed by atoms with Crippen molar-refractivity contribution >= 4 is 56.9 Å². The molecule has 3 aliphatic rings. The van der Waals surface area contributed by atoms with Gasteiger partial charge in [0.05, 0.1) is 57.3 Å². The van der Waals surface area contributed by atoms with Gasteiger partial charge in [-0.15, -0.1) is 0 Å². The molecule has 5 heterocycles. The van der Waals surface area contributed by atoms with Gasteiger partial charge >= 0.3 is 0 Å². The lowest BCUT2D eigenvalue weighted by Crippen LogP contribution is -2.31. The van der Waals surface area contributed by atoms with Crippen LogP contribution < -0.4 is 11.5 Å². The number of halogens is 4. The summed E-state index contributed by atoms with van der Waals surface area (Å²) in [7, 11) is 0. The van der Waals surface area contributed by atoms with E-state index in [4.69, 9.17) is 44.1 Å². The maximum absolute atomic E-state index is 14.0. The number of rotatable bonds is 6. The van der Waals surface area contributed by atoms with Crippen molar-refractivity contribution in [2.75, 3.05) is 11.5 Å². The van der Waals surface area contributed by atoms with Crippen molar-refractivity contribution in [3.63, 3.8) is 0 Å². The molecule has 0 bridgehead atoms. The lowest BCUT2D eigenvalue weighted by atomic mass is 9.92. The molecule has 2 aliphatic carbocycles. The smallest absolute Gasteiger partial charge is 0.163 e. The SMILES string of the molecule is C.C.C.CC1(C)O[C@@H]2[C@@H]([C@@H](O)c3ccc(Cl)c(F)c3)C[C@@H](n3ccc4c(N)ncnc43)[C@@H]2O1.Nc1ncnc2c1ccn2[C@@H]1C[C@H]([C@@H](O)c2ccc(Cl)c(F)c2)[C@@H](O)[C@H]1O. The van der Waals surface area contributed by atoms with Gasteiger partial charge in [0, 0.05) is 24.2 Å². The molecule has 60 heavy (non-hydrogen) atoms. The second-order valence-electron chi connectivity index (χ2n) is 15.2. The summed E-state index contributed by atoms with van der Waals surface area (Å²) < 4.78 is 43.8. The third kappa shape index (κ3) is 8.27. The number of hydrogen-bond acceptors (Lipinski definition) is 12. The molecule has 2 aromatic carbocycles. The van der Waals surface area contributed by atoms with Crippen LogP contribution in [0.1, 0.15) is 84.4 Å². The van der Waals surface area contributed by atoms with Crippen molar-refractivity contribution in [1.29, 1.82) is 0 Å². The Balaban J connectivity index is 0.000000218. The fourth-order valence-corrected chi connectivity index (χ4v) is 8.84. The molecule has 0 radical (unpaired) electrons. The lowest BCUT2D eigenvalue weighted by Gasteiger charge is -2.27. The van der Waals surface area contributed by atoms with E-state index < -0.39 is 53.8 Å². The Bertz CT molecular complexity index is 2450. The second kappa shape index (κ2) is 17.8. The molecule has 9 rings (SSSR count). The van der Waals surface area contributed by atoms with Gasteiger partial charge in [-0.25, -0.2) is 28.7 Å². The van der Waals surface area contributed by atoms with E-state index in [9.17, 15) is 29.2 Å². The van der Waals surface area contributed by atoms with E-state index in [-0.39, 0.29) is 68.5 Å². The van der Waals surface area contributed by atoms with Crippen molar-refractivity contribution in [3.05, 3.63) is 106 Å². The van der Waals surface area contributed by atoms with E-state index in [1.165, 1.54) is 36.9 Å². The first-order chi connectivity index (χ1) is 27.1. The Labute approximate surface area is 356 Å². The first-order valence-corrected chi connectivity index (χ1v) is 19.0. The van der Waals surface area contributed by atoms with E-state index in [0.717, 1.165) is 11.5 Å². The molecule has 18 heteroatoms. The van der Waals surface area contributed by atoms with Gasteiger partial charge in [-0.3, -0.25) is 0 Å². The summed E-state index contributed by atoms with van der Waals surface area (Å²) in [4.78, 5) is 16.6. The van der Waals surface area contributed by atoms with Gasteiger partial charge < -0.3 is 50.5 Å². The predicted molar refractivity (Wildman–Crippen MR) is 227 cm³/mol. The molecule has 1 saturated heterocycles. The molecule has 1 aliphatic heterocycles. The molecule has 8 N–H and O–H groups in total. The van der Waals surface area contributed by atoms with Gasteiger partial charge in [0.1, 0.15) is 59.4 Å². The molecule has 4 aromatic heterocycles. The molecule has 0 amide bonds. The Morgan fingerprint density at radius 2 is 1.13 bits per heavy atom. The maximum atomic E-state index is 14.0. The number of nitrogen functional groups attached to an aromatic ring is 2. The Morgan fingerprint density at radius 1 is 0.683 bits per heavy atom. The molecule has 14 nitrogen and oxygen atoms in total. The van der Waals surface area contributed by atoms with E-state index in [0.29, 0.717) is 40.3 Å².